The number of hydrogen-bond donors (Lipinski definition) is 2. The Morgan fingerprint density at radius 2 is 1.80 bits per heavy atom. The third-order valence-corrected chi connectivity index (χ3v) is 6.47. The number of piperazine rings is 1. The summed E-state index contributed by atoms with van der Waals surface area (Å²) in [5.41, 5.74) is 10.1. The van der Waals surface area contributed by atoms with Crippen LogP contribution in [0.1, 0.15) is 24.8 Å². The third kappa shape index (κ3) is 4.69. The highest BCUT2D eigenvalue weighted by Gasteiger charge is 2.35. The van der Waals surface area contributed by atoms with Gasteiger partial charge < -0.3 is 26.4 Å². The summed E-state index contributed by atoms with van der Waals surface area (Å²) < 4.78 is 5.71. The first-order chi connectivity index (χ1) is 14.0. The molecule has 2 aliphatic heterocycles. The number of carbonyl (C=O) groups excluding carboxylic acids is 1. The Morgan fingerprint density at radius 3 is 2.47 bits per heavy atom. The summed E-state index contributed by atoms with van der Waals surface area (Å²) in [7, 11) is 3.96. The second kappa shape index (κ2) is 9.64. The molecule has 0 saturated carbocycles. The number of nitrogen functional groups attached to an aromatic ring is 1. The molecule has 5 N–H and O–H groups in total. The predicted octanol–water partition coefficient (Wildman–Crippen LogP) is 2.40. The minimum atomic E-state index is 0. The van der Waals surface area contributed by atoms with Crippen LogP contribution in [0.4, 0.5) is 5.69 Å². The van der Waals surface area contributed by atoms with Crippen molar-refractivity contribution in [3.63, 3.8) is 0 Å². The molecule has 1 saturated heterocycles. The minimum absolute atomic E-state index is 0. The van der Waals surface area contributed by atoms with Crippen LogP contribution in [-0.4, -0.2) is 73.5 Å². The van der Waals surface area contributed by atoms with Crippen LogP contribution in [0.25, 0.3) is 0 Å². The van der Waals surface area contributed by atoms with Crippen molar-refractivity contribution in [2.75, 3.05) is 52.6 Å². The molecule has 0 bridgehead atoms. The van der Waals surface area contributed by atoms with Crippen LogP contribution < -0.4 is 11.9 Å². The quantitative estimate of drug-likeness (QED) is 0.736. The molecule has 0 radical (unpaired) electrons. The summed E-state index contributed by atoms with van der Waals surface area (Å²) >= 11 is 0. The number of benzene rings is 1. The topological polar surface area (TPSA) is 97.0 Å². The fraction of sp³-hybridized carbons (Fsp3) is 0.522. The predicted molar refractivity (Wildman–Crippen MR) is 120 cm³/mol. The van der Waals surface area contributed by atoms with Gasteiger partial charge in [0.15, 0.2) is 0 Å². The standard InChI is InChI=1S/C23H32N4O2.H3N/c1-25-11-13-26(14-12-25)21-7-8-22(29-2)19-9-10-27(16-20(19)21)23(28)15-17-3-5-18(24)6-4-17;/h3-6,16,21H,7-15,24H2,1-2H3;1H3. The van der Waals surface area contributed by atoms with E-state index >= 15 is 0 Å². The van der Waals surface area contributed by atoms with E-state index in [1.54, 1.807) is 7.11 Å². The van der Waals surface area contributed by atoms with Crippen LogP contribution in [0.15, 0.2) is 47.4 Å². The van der Waals surface area contributed by atoms with Gasteiger partial charge in [0.25, 0.3) is 0 Å². The summed E-state index contributed by atoms with van der Waals surface area (Å²) in [6, 6.07) is 7.96. The Kier molecular flexibility index (Phi) is 7.18. The molecule has 1 atom stereocenters. The van der Waals surface area contributed by atoms with Gasteiger partial charge in [0.2, 0.25) is 5.91 Å². The zero-order valence-electron chi connectivity index (χ0n) is 18.3. The van der Waals surface area contributed by atoms with Gasteiger partial charge in [0.05, 0.1) is 19.3 Å². The molecule has 3 aliphatic rings. The first-order valence-electron chi connectivity index (χ1n) is 10.6. The molecule has 7 nitrogen and oxygen atoms in total. The molecule has 164 valence electrons. The monoisotopic (exact) mass is 413 g/mol. The van der Waals surface area contributed by atoms with Gasteiger partial charge in [-0.15, -0.1) is 0 Å². The maximum atomic E-state index is 13.0. The Balaban J connectivity index is 0.00000256. The summed E-state index contributed by atoms with van der Waals surface area (Å²) in [5, 5.41) is 0. The lowest BCUT2D eigenvalue weighted by Gasteiger charge is -2.43. The van der Waals surface area contributed by atoms with E-state index in [1.807, 2.05) is 29.2 Å². The highest BCUT2D eigenvalue weighted by molar-refractivity contribution is 5.80. The summed E-state index contributed by atoms with van der Waals surface area (Å²) in [4.78, 5) is 19.9. The lowest BCUT2D eigenvalue weighted by molar-refractivity contribution is -0.128. The molecule has 1 unspecified atom stereocenters. The summed E-state index contributed by atoms with van der Waals surface area (Å²) in [6.07, 6.45) is 5.42. The van der Waals surface area contributed by atoms with Crippen LogP contribution in [-0.2, 0) is 16.0 Å². The van der Waals surface area contributed by atoms with Gasteiger partial charge in [-0.3, -0.25) is 9.69 Å². The number of likely N-dealkylation sites (N-methyl/N-ethyl adjacent to an activating group) is 1. The molecule has 7 heteroatoms. The average Bonchev–Trinajstić information content (AvgIpc) is 2.75. The molecule has 30 heavy (non-hydrogen) atoms. The average molecular weight is 414 g/mol. The van der Waals surface area contributed by atoms with Crippen molar-refractivity contribution < 1.29 is 9.53 Å². The van der Waals surface area contributed by atoms with Crippen LogP contribution in [0, 0.1) is 0 Å². The minimum Gasteiger partial charge on any atom is -0.501 e. The molecule has 1 fully saturated rings. The van der Waals surface area contributed by atoms with Crippen molar-refractivity contribution in [3.05, 3.63) is 52.9 Å². The Bertz CT molecular complexity index is 809. The van der Waals surface area contributed by atoms with Crippen molar-refractivity contribution in [1.29, 1.82) is 0 Å². The molecular weight excluding hydrogens is 378 g/mol. The van der Waals surface area contributed by atoms with E-state index in [4.69, 9.17) is 10.5 Å². The lowest BCUT2D eigenvalue weighted by Crippen LogP contribution is -2.51. The number of methoxy groups -OCH3 is 1. The lowest BCUT2D eigenvalue weighted by atomic mass is 9.83. The molecule has 1 aromatic rings. The van der Waals surface area contributed by atoms with Gasteiger partial charge in [-0.1, -0.05) is 12.1 Å². The maximum absolute atomic E-state index is 13.0. The number of amides is 1. The zero-order valence-corrected chi connectivity index (χ0v) is 18.3. The van der Waals surface area contributed by atoms with E-state index in [1.165, 1.54) is 11.1 Å². The Hall–Kier alpha value is -2.35. The molecule has 0 spiro atoms. The summed E-state index contributed by atoms with van der Waals surface area (Å²) in [5.74, 6) is 1.25. The van der Waals surface area contributed by atoms with Crippen LogP contribution >= 0.6 is 0 Å². The van der Waals surface area contributed by atoms with Crippen molar-refractivity contribution in [2.45, 2.75) is 31.7 Å². The fourth-order valence-corrected chi connectivity index (χ4v) is 4.70. The number of rotatable bonds is 4. The number of carbonyl (C=O) groups is 1. The number of allylic oxidation sites excluding steroid dienone is 1. The van der Waals surface area contributed by atoms with E-state index in [2.05, 4.69) is 23.0 Å². The van der Waals surface area contributed by atoms with Crippen LogP contribution in [0.5, 0.6) is 0 Å². The molecule has 1 aromatic carbocycles. The second-order valence-electron chi connectivity index (χ2n) is 8.34. The van der Waals surface area contributed by atoms with Crippen molar-refractivity contribution in [1.82, 2.24) is 20.9 Å². The smallest absolute Gasteiger partial charge is 0.230 e. The molecule has 1 amide bonds. The van der Waals surface area contributed by atoms with Gasteiger partial charge in [-0.05, 0) is 48.7 Å². The number of nitrogens with zero attached hydrogens (tertiary/aromatic N) is 3. The van der Waals surface area contributed by atoms with Gasteiger partial charge in [0.1, 0.15) is 0 Å². The third-order valence-electron chi connectivity index (χ3n) is 6.47. The molecule has 1 aliphatic carbocycles. The first kappa shape index (κ1) is 22.3. The Labute approximate surface area is 179 Å². The van der Waals surface area contributed by atoms with E-state index in [0.717, 1.165) is 69.0 Å². The number of ether oxygens (including phenoxy) is 1. The highest BCUT2D eigenvalue weighted by atomic mass is 16.5. The highest BCUT2D eigenvalue weighted by Crippen LogP contribution is 2.38. The SMILES string of the molecule is COC1=C2CCN(C(=O)Cc3ccc(N)cc3)C=C2C(N2CCN(C)CC2)CC1.N. The van der Waals surface area contributed by atoms with Crippen LogP contribution in [0.2, 0.25) is 0 Å². The number of anilines is 1. The number of nitrogens with two attached hydrogens (primary N) is 1. The molecule has 0 aromatic heterocycles. The van der Waals surface area contributed by atoms with Gasteiger partial charge in [-0.2, -0.15) is 0 Å². The summed E-state index contributed by atoms with van der Waals surface area (Å²) in [6.45, 7) is 5.06. The van der Waals surface area contributed by atoms with Gasteiger partial charge in [-0.25, -0.2) is 0 Å². The van der Waals surface area contributed by atoms with Crippen molar-refractivity contribution >= 4 is 11.6 Å². The second-order valence-corrected chi connectivity index (χ2v) is 8.34. The van der Waals surface area contributed by atoms with Crippen molar-refractivity contribution in [2.24, 2.45) is 0 Å². The maximum Gasteiger partial charge on any atom is 0.230 e. The largest absolute Gasteiger partial charge is 0.501 e. The van der Waals surface area contributed by atoms with E-state index in [0.29, 0.717) is 12.5 Å². The van der Waals surface area contributed by atoms with E-state index in [9.17, 15) is 4.79 Å². The number of hydrogen-bond acceptors (Lipinski definition) is 6. The number of fused-ring (bicyclic) bond motifs is 1. The van der Waals surface area contributed by atoms with Gasteiger partial charge >= 0.3 is 0 Å². The normalized spacial score (nSPS) is 22.8. The molecular formula is C23H35N5O2. The molecule has 2 heterocycles. The van der Waals surface area contributed by atoms with E-state index < -0.39 is 0 Å². The zero-order chi connectivity index (χ0) is 20.4. The van der Waals surface area contributed by atoms with Crippen LogP contribution in [0.3, 0.4) is 0 Å². The van der Waals surface area contributed by atoms with E-state index in [-0.39, 0.29) is 12.1 Å². The first-order valence-corrected chi connectivity index (χ1v) is 10.6. The van der Waals surface area contributed by atoms with Crippen molar-refractivity contribution in [3.8, 4) is 0 Å². The van der Waals surface area contributed by atoms with Gasteiger partial charge in [0, 0.05) is 57.1 Å². The fourth-order valence-electron chi connectivity index (χ4n) is 4.70. The Morgan fingerprint density at radius 1 is 1.10 bits per heavy atom. The molecule has 4 rings (SSSR count).